The Morgan fingerprint density at radius 2 is 1.82 bits per heavy atom. The summed E-state index contributed by atoms with van der Waals surface area (Å²) in [6.45, 7) is 1.01. The van der Waals surface area contributed by atoms with Gasteiger partial charge in [-0.3, -0.25) is 24.2 Å². The van der Waals surface area contributed by atoms with Gasteiger partial charge in [-0.2, -0.15) is 0 Å². The molecule has 1 fully saturated rings. The number of benzene rings is 2. The van der Waals surface area contributed by atoms with Gasteiger partial charge < -0.3 is 11.1 Å². The van der Waals surface area contributed by atoms with E-state index in [-0.39, 0.29) is 28.5 Å². The van der Waals surface area contributed by atoms with Crippen LogP contribution in [0.25, 0.3) is 0 Å². The van der Waals surface area contributed by atoms with Gasteiger partial charge in [0.05, 0.1) is 0 Å². The lowest BCUT2D eigenvalue weighted by atomic mass is 9.87. The molecule has 1 heterocycles. The summed E-state index contributed by atoms with van der Waals surface area (Å²) in [7, 11) is 0. The van der Waals surface area contributed by atoms with Gasteiger partial charge in [-0.05, 0) is 30.3 Å². The number of halogens is 4. The highest BCUT2D eigenvalue weighted by molar-refractivity contribution is 6.31. The van der Waals surface area contributed by atoms with Crippen LogP contribution in [0.4, 0.5) is 30.4 Å². The summed E-state index contributed by atoms with van der Waals surface area (Å²) < 4.78 is 41.5. The van der Waals surface area contributed by atoms with E-state index in [4.69, 9.17) is 17.3 Å². The van der Waals surface area contributed by atoms with Crippen LogP contribution in [0.5, 0.6) is 0 Å². The Bertz CT molecular complexity index is 1420. The third-order valence-corrected chi connectivity index (χ3v) is 6.79. The van der Waals surface area contributed by atoms with E-state index in [9.17, 15) is 27.6 Å². The Hall–Kier alpha value is -4.12. The number of nitrogen functional groups attached to an aromatic ring is 1. The second kappa shape index (κ2) is 12.0. The fourth-order valence-electron chi connectivity index (χ4n) is 4.48. The number of nitrogens with zero attached hydrogens (tertiary/aromatic N) is 3. The highest BCUT2D eigenvalue weighted by atomic mass is 35.5. The van der Waals surface area contributed by atoms with Crippen molar-refractivity contribution in [3.05, 3.63) is 83.3 Å². The molecular formula is C28H27ClF3N5O3. The lowest BCUT2D eigenvalue weighted by Crippen LogP contribution is -2.55. The van der Waals surface area contributed by atoms with Crippen LogP contribution in [0.15, 0.2) is 66.9 Å². The van der Waals surface area contributed by atoms with E-state index < -0.39 is 60.9 Å². The lowest BCUT2D eigenvalue weighted by Gasteiger charge is -2.38. The molecule has 1 atom stereocenters. The van der Waals surface area contributed by atoms with Gasteiger partial charge in [0.2, 0.25) is 17.7 Å². The second-order valence-electron chi connectivity index (χ2n) is 9.42. The maximum absolute atomic E-state index is 14.4. The fraction of sp³-hybridized carbons (Fsp3) is 0.286. The van der Waals surface area contributed by atoms with E-state index in [1.807, 2.05) is 0 Å². The molecule has 1 aromatic heterocycles. The molecule has 8 nitrogen and oxygen atoms in total. The van der Waals surface area contributed by atoms with Crippen molar-refractivity contribution >= 4 is 46.5 Å². The summed E-state index contributed by atoms with van der Waals surface area (Å²) in [6.07, 6.45) is 0.293. The van der Waals surface area contributed by atoms with E-state index in [1.165, 1.54) is 42.6 Å². The van der Waals surface area contributed by atoms with E-state index in [0.717, 1.165) is 21.9 Å². The van der Waals surface area contributed by atoms with Gasteiger partial charge in [0.1, 0.15) is 24.2 Å². The summed E-state index contributed by atoms with van der Waals surface area (Å²) >= 11 is 6.45. The Labute approximate surface area is 233 Å². The molecule has 12 heteroatoms. The standard InChI is InChI=1S/C28H27ClF3N5O3/c1-2-24(38)36(23-13-18(33)10-11-34-23)16-25(39)37(20-7-5-6-17(30)12-20)26(21-8-3-4-9-22(21)29)27(40)35-19-14-28(31,32)15-19/h3-13,19,26H,2,14-16H2,1H3,(H2,33,34)(H,35,40). The zero-order valence-corrected chi connectivity index (χ0v) is 22.2. The number of nitrogens with one attached hydrogen (secondary N) is 1. The molecule has 1 aliphatic carbocycles. The van der Waals surface area contributed by atoms with Crippen LogP contribution in [-0.2, 0) is 14.4 Å². The number of alkyl halides is 2. The van der Waals surface area contributed by atoms with Gasteiger partial charge in [0.15, 0.2) is 0 Å². The number of hydrogen-bond acceptors (Lipinski definition) is 5. The van der Waals surface area contributed by atoms with E-state index in [1.54, 1.807) is 19.1 Å². The van der Waals surface area contributed by atoms with Gasteiger partial charge in [0.25, 0.3) is 5.92 Å². The minimum Gasteiger partial charge on any atom is -0.399 e. The van der Waals surface area contributed by atoms with Gasteiger partial charge in [-0.1, -0.05) is 42.8 Å². The lowest BCUT2D eigenvalue weighted by molar-refractivity contribution is -0.132. The average Bonchev–Trinajstić information content (AvgIpc) is 2.89. The third-order valence-electron chi connectivity index (χ3n) is 6.44. The molecule has 210 valence electrons. The zero-order chi connectivity index (χ0) is 29.0. The number of rotatable bonds is 9. The molecule has 0 bridgehead atoms. The van der Waals surface area contributed by atoms with Crippen LogP contribution in [0.1, 0.15) is 37.8 Å². The second-order valence-corrected chi connectivity index (χ2v) is 9.83. The largest absolute Gasteiger partial charge is 0.399 e. The Balaban J connectivity index is 1.79. The van der Waals surface area contributed by atoms with Crippen molar-refractivity contribution in [3.8, 4) is 0 Å². The van der Waals surface area contributed by atoms with Crippen molar-refractivity contribution in [2.45, 2.75) is 44.2 Å². The minimum atomic E-state index is -2.90. The number of pyridine rings is 1. The molecule has 1 aliphatic rings. The minimum absolute atomic E-state index is 0.00607. The van der Waals surface area contributed by atoms with Crippen molar-refractivity contribution in [1.82, 2.24) is 10.3 Å². The Kier molecular flexibility index (Phi) is 8.63. The zero-order valence-electron chi connectivity index (χ0n) is 21.5. The van der Waals surface area contributed by atoms with Crippen molar-refractivity contribution in [2.24, 2.45) is 0 Å². The summed E-state index contributed by atoms with van der Waals surface area (Å²) in [4.78, 5) is 46.9. The molecule has 2 aromatic carbocycles. The number of amides is 3. The summed E-state index contributed by atoms with van der Waals surface area (Å²) in [5.74, 6) is -5.51. The number of hydrogen-bond donors (Lipinski definition) is 2. The molecule has 4 rings (SSSR count). The molecular weight excluding hydrogens is 547 g/mol. The van der Waals surface area contributed by atoms with Crippen molar-refractivity contribution in [2.75, 3.05) is 22.1 Å². The first-order chi connectivity index (χ1) is 19.0. The number of nitrogens with two attached hydrogens (primary N) is 1. The topological polar surface area (TPSA) is 109 Å². The van der Waals surface area contributed by atoms with Crippen LogP contribution >= 0.6 is 11.6 Å². The first-order valence-electron chi connectivity index (χ1n) is 12.5. The predicted molar refractivity (Wildman–Crippen MR) is 145 cm³/mol. The molecule has 1 unspecified atom stereocenters. The predicted octanol–water partition coefficient (Wildman–Crippen LogP) is 4.89. The molecule has 3 amide bonds. The van der Waals surface area contributed by atoms with Crippen LogP contribution in [0, 0.1) is 5.82 Å². The molecule has 0 aliphatic heterocycles. The van der Waals surface area contributed by atoms with Crippen molar-refractivity contribution < 1.29 is 27.6 Å². The number of anilines is 3. The molecule has 3 N–H and O–H groups in total. The van der Waals surface area contributed by atoms with Gasteiger partial charge in [0, 0.05) is 59.5 Å². The average molecular weight is 574 g/mol. The Morgan fingerprint density at radius 1 is 1.10 bits per heavy atom. The number of carbonyl (C=O) groups is 3. The smallest absolute Gasteiger partial charge is 0.252 e. The SMILES string of the molecule is CCC(=O)N(CC(=O)N(c1cccc(F)c1)C(C(=O)NC1CC(F)(F)C1)c1ccccc1Cl)c1cc(N)ccn1. The molecule has 0 saturated heterocycles. The van der Waals surface area contributed by atoms with Gasteiger partial charge in [-0.25, -0.2) is 18.2 Å². The summed E-state index contributed by atoms with van der Waals surface area (Å²) in [5, 5.41) is 2.69. The van der Waals surface area contributed by atoms with E-state index >= 15 is 0 Å². The maximum Gasteiger partial charge on any atom is 0.252 e. The normalized spacial score (nSPS) is 15.0. The monoisotopic (exact) mass is 573 g/mol. The van der Waals surface area contributed by atoms with Crippen LogP contribution in [0.3, 0.4) is 0 Å². The van der Waals surface area contributed by atoms with Gasteiger partial charge in [-0.15, -0.1) is 0 Å². The fourth-order valence-corrected chi connectivity index (χ4v) is 4.72. The van der Waals surface area contributed by atoms with Crippen molar-refractivity contribution in [3.63, 3.8) is 0 Å². The summed E-state index contributed by atoms with van der Waals surface area (Å²) in [6, 6.07) is 11.8. The highest BCUT2D eigenvalue weighted by Crippen LogP contribution is 2.39. The third kappa shape index (κ3) is 6.53. The molecule has 0 radical (unpaired) electrons. The number of aromatic nitrogens is 1. The van der Waals surface area contributed by atoms with Crippen LogP contribution in [-0.4, -0.2) is 41.2 Å². The van der Waals surface area contributed by atoms with Gasteiger partial charge >= 0.3 is 0 Å². The highest BCUT2D eigenvalue weighted by Gasteiger charge is 2.47. The van der Waals surface area contributed by atoms with E-state index in [0.29, 0.717) is 5.69 Å². The first kappa shape index (κ1) is 28.9. The first-order valence-corrected chi connectivity index (χ1v) is 12.9. The van der Waals surface area contributed by atoms with Crippen LogP contribution in [0.2, 0.25) is 5.02 Å². The quantitative estimate of drug-likeness (QED) is 0.379. The van der Waals surface area contributed by atoms with Crippen molar-refractivity contribution in [1.29, 1.82) is 0 Å². The molecule has 1 saturated carbocycles. The maximum atomic E-state index is 14.4. The summed E-state index contributed by atoms with van der Waals surface area (Å²) in [5.41, 5.74) is 6.34. The Morgan fingerprint density at radius 3 is 2.45 bits per heavy atom. The molecule has 0 spiro atoms. The van der Waals surface area contributed by atoms with Crippen LogP contribution < -0.4 is 20.9 Å². The molecule has 40 heavy (non-hydrogen) atoms. The number of carbonyl (C=O) groups excluding carboxylic acids is 3. The van der Waals surface area contributed by atoms with E-state index in [2.05, 4.69) is 10.3 Å². The molecule has 3 aromatic rings.